The van der Waals surface area contributed by atoms with Crippen LogP contribution in [0, 0.1) is 5.92 Å². The van der Waals surface area contributed by atoms with Crippen LogP contribution < -0.4 is 0 Å². The van der Waals surface area contributed by atoms with Crippen molar-refractivity contribution in [3.05, 3.63) is 24.2 Å². The van der Waals surface area contributed by atoms with E-state index in [-0.39, 0.29) is 17.7 Å². The fourth-order valence-corrected chi connectivity index (χ4v) is 5.00. The highest BCUT2D eigenvalue weighted by Gasteiger charge is 2.38. The largest absolute Gasteiger partial charge is 0.468 e. The Labute approximate surface area is 113 Å². The maximum absolute atomic E-state index is 12.5. The van der Waals surface area contributed by atoms with E-state index in [0.717, 1.165) is 25.0 Å². The third-order valence-corrected chi connectivity index (χ3v) is 5.95. The Morgan fingerprint density at radius 2 is 2.26 bits per heavy atom. The van der Waals surface area contributed by atoms with Gasteiger partial charge in [0.15, 0.2) is 0 Å². The van der Waals surface area contributed by atoms with E-state index in [1.165, 1.54) is 0 Å². The maximum Gasteiger partial charge on any atom is 0.215 e. The summed E-state index contributed by atoms with van der Waals surface area (Å²) in [6.07, 6.45) is 4.18. The number of sulfonamides is 1. The van der Waals surface area contributed by atoms with Crippen LogP contribution in [0.15, 0.2) is 22.8 Å². The molecule has 0 unspecified atom stereocenters. The van der Waals surface area contributed by atoms with Crippen molar-refractivity contribution in [2.24, 2.45) is 5.92 Å². The van der Waals surface area contributed by atoms with Gasteiger partial charge in [0.1, 0.15) is 5.76 Å². The average Bonchev–Trinajstić information content (AvgIpc) is 3.11. The van der Waals surface area contributed by atoms with Crippen molar-refractivity contribution in [2.45, 2.75) is 25.3 Å². The molecule has 5 nitrogen and oxygen atoms in total. The van der Waals surface area contributed by atoms with E-state index >= 15 is 0 Å². The molecule has 2 atom stereocenters. The Morgan fingerprint density at radius 3 is 2.95 bits per heavy atom. The molecular formula is C13H19NO4S. The highest BCUT2D eigenvalue weighted by molar-refractivity contribution is 7.89. The van der Waals surface area contributed by atoms with E-state index in [1.807, 2.05) is 12.1 Å². The number of hydrogen-bond donors (Lipinski definition) is 0. The molecule has 19 heavy (non-hydrogen) atoms. The number of nitrogens with zero attached hydrogens (tertiary/aromatic N) is 1. The van der Waals surface area contributed by atoms with Gasteiger partial charge >= 0.3 is 0 Å². The smallest absolute Gasteiger partial charge is 0.215 e. The lowest BCUT2D eigenvalue weighted by Gasteiger charge is -2.23. The van der Waals surface area contributed by atoms with Gasteiger partial charge in [-0.3, -0.25) is 0 Å². The molecule has 3 heterocycles. The summed E-state index contributed by atoms with van der Waals surface area (Å²) < 4.78 is 37.3. The summed E-state index contributed by atoms with van der Waals surface area (Å²) in [6.45, 7) is 1.85. The Hall–Kier alpha value is -0.850. The lowest BCUT2D eigenvalue weighted by atomic mass is 10.2. The first-order valence-corrected chi connectivity index (χ1v) is 8.38. The molecule has 2 saturated heterocycles. The van der Waals surface area contributed by atoms with E-state index < -0.39 is 10.0 Å². The minimum absolute atomic E-state index is 0.123. The zero-order valence-electron chi connectivity index (χ0n) is 10.8. The van der Waals surface area contributed by atoms with E-state index in [0.29, 0.717) is 19.8 Å². The van der Waals surface area contributed by atoms with Crippen molar-refractivity contribution >= 4 is 10.0 Å². The molecule has 0 aliphatic carbocycles. The first-order chi connectivity index (χ1) is 9.17. The van der Waals surface area contributed by atoms with Crippen molar-refractivity contribution in [2.75, 3.05) is 25.5 Å². The first-order valence-electron chi connectivity index (χ1n) is 6.77. The Bertz CT molecular complexity index is 505. The summed E-state index contributed by atoms with van der Waals surface area (Å²) in [5.41, 5.74) is 0. The van der Waals surface area contributed by atoms with E-state index in [4.69, 9.17) is 9.15 Å². The molecule has 0 saturated carbocycles. The monoisotopic (exact) mass is 285 g/mol. The topological polar surface area (TPSA) is 59.8 Å². The van der Waals surface area contributed by atoms with Gasteiger partial charge in [0, 0.05) is 13.2 Å². The number of furan rings is 1. The van der Waals surface area contributed by atoms with Crippen LogP contribution >= 0.6 is 0 Å². The second-order valence-corrected chi connectivity index (χ2v) is 7.26. The molecule has 0 bridgehead atoms. The van der Waals surface area contributed by atoms with Gasteiger partial charge in [-0.05, 0) is 37.3 Å². The predicted molar refractivity (Wildman–Crippen MR) is 70.1 cm³/mol. The second-order valence-electron chi connectivity index (χ2n) is 5.29. The molecule has 3 rings (SSSR count). The Balaban J connectivity index is 1.75. The van der Waals surface area contributed by atoms with E-state index in [9.17, 15) is 8.42 Å². The standard InChI is InChI=1S/C13H19NO4S/c15-19(16,10-11-5-8-17-9-11)14-6-1-3-12(14)13-4-2-7-18-13/h2,4,7,11-12H,1,3,5-6,8-10H2/t11-,12-/m0/s1. The van der Waals surface area contributed by atoms with Gasteiger partial charge in [0.25, 0.3) is 0 Å². The molecule has 0 aromatic carbocycles. The number of ether oxygens (including phenoxy) is 1. The van der Waals surface area contributed by atoms with Crippen LogP contribution in [0.2, 0.25) is 0 Å². The molecule has 2 fully saturated rings. The quantitative estimate of drug-likeness (QED) is 0.846. The van der Waals surface area contributed by atoms with Crippen LogP contribution in [0.3, 0.4) is 0 Å². The van der Waals surface area contributed by atoms with Gasteiger partial charge in [-0.15, -0.1) is 0 Å². The summed E-state index contributed by atoms with van der Waals surface area (Å²) in [6, 6.07) is 3.54. The lowest BCUT2D eigenvalue weighted by molar-refractivity contribution is 0.188. The lowest BCUT2D eigenvalue weighted by Crippen LogP contribution is -2.35. The third kappa shape index (κ3) is 2.70. The van der Waals surface area contributed by atoms with Crippen LogP contribution in [0.4, 0.5) is 0 Å². The van der Waals surface area contributed by atoms with E-state index in [1.54, 1.807) is 10.6 Å². The molecular weight excluding hydrogens is 266 g/mol. The zero-order valence-corrected chi connectivity index (χ0v) is 11.6. The molecule has 0 amide bonds. The molecule has 0 N–H and O–H groups in total. The maximum atomic E-state index is 12.5. The molecule has 1 aromatic heterocycles. The van der Waals surface area contributed by atoms with Crippen molar-refractivity contribution in [3.8, 4) is 0 Å². The molecule has 0 radical (unpaired) electrons. The second kappa shape index (κ2) is 5.26. The summed E-state index contributed by atoms with van der Waals surface area (Å²) in [4.78, 5) is 0. The van der Waals surface area contributed by atoms with Crippen molar-refractivity contribution in [1.29, 1.82) is 0 Å². The normalized spacial score (nSPS) is 29.1. The summed E-state index contributed by atoms with van der Waals surface area (Å²) in [7, 11) is -3.23. The van der Waals surface area contributed by atoms with Gasteiger partial charge in [-0.1, -0.05) is 0 Å². The molecule has 0 spiro atoms. The Kier molecular flexibility index (Phi) is 3.64. The molecule has 2 aliphatic heterocycles. The fraction of sp³-hybridized carbons (Fsp3) is 0.692. The van der Waals surface area contributed by atoms with E-state index in [2.05, 4.69) is 0 Å². The minimum Gasteiger partial charge on any atom is -0.468 e. The van der Waals surface area contributed by atoms with Gasteiger partial charge in [-0.25, -0.2) is 8.42 Å². The molecule has 106 valence electrons. The molecule has 2 aliphatic rings. The molecule has 1 aromatic rings. The van der Waals surface area contributed by atoms with Gasteiger partial charge in [0.2, 0.25) is 10.0 Å². The van der Waals surface area contributed by atoms with Crippen molar-refractivity contribution in [3.63, 3.8) is 0 Å². The van der Waals surface area contributed by atoms with Crippen molar-refractivity contribution in [1.82, 2.24) is 4.31 Å². The number of hydrogen-bond acceptors (Lipinski definition) is 4. The van der Waals surface area contributed by atoms with Crippen LogP contribution in [-0.2, 0) is 14.8 Å². The summed E-state index contributed by atoms with van der Waals surface area (Å²) in [5, 5.41) is 0. The van der Waals surface area contributed by atoms with Crippen molar-refractivity contribution < 1.29 is 17.6 Å². The average molecular weight is 285 g/mol. The predicted octanol–water partition coefficient (Wildman–Crippen LogP) is 1.78. The highest BCUT2D eigenvalue weighted by Crippen LogP contribution is 2.35. The highest BCUT2D eigenvalue weighted by atomic mass is 32.2. The summed E-state index contributed by atoms with van der Waals surface area (Å²) in [5.74, 6) is 1.09. The van der Waals surface area contributed by atoms with Gasteiger partial charge in [0.05, 0.1) is 24.7 Å². The van der Waals surface area contributed by atoms with Crippen LogP contribution in [-0.4, -0.2) is 38.2 Å². The van der Waals surface area contributed by atoms with Gasteiger partial charge < -0.3 is 9.15 Å². The van der Waals surface area contributed by atoms with Crippen LogP contribution in [0.25, 0.3) is 0 Å². The fourth-order valence-electron chi connectivity index (χ4n) is 2.95. The first kappa shape index (κ1) is 13.1. The zero-order chi connectivity index (χ0) is 13.3. The minimum atomic E-state index is -3.23. The van der Waals surface area contributed by atoms with Crippen LogP contribution in [0.5, 0.6) is 0 Å². The van der Waals surface area contributed by atoms with Crippen LogP contribution in [0.1, 0.15) is 31.1 Å². The SMILES string of the molecule is O=S(=O)(C[C@H]1CCOC1)N1CCC[C@H]1c1ccco1. The third-order valence-electron chi connectivity index (χ3n) is 3.90. The number of rotatable bonds is 4. The summed E-state index contributed by atoms with van der Waals surface area (Å²) >= 11 is 0. The Morgan fingerprint density at radius 1 is 1.37 bits per heavy atom. The van der Waals surface area contributed by atoms with Gasteiger partial charge in [-0.2, -0.15) is 4.31 Å². The molecule has 6 heteroatoms.